The van der Waals surface area contributed by atoms with Gasteiger partial charge in [-0.1, -0.05) is 41.4 Å². The van der Waals surface area contributed by atoms with Gasteiger partial charge in [-0.2, -0.15) is 0 Å². The third-order valence-electron chi connectivity index (χ3n) is 7.10. The minimum Gasteiger partial charge on any atom is -0.444 e. The summed E-state index contributed by atoms with van der Waals surface area (Å²) in [5.41, 5.74) is 3.68. The van der Waals surface area contributed by atoms with Crippen LogP contribution in [0.1, 0.15) is 51.7 Å². The van der Waals surface area contributed by atoms with Gasteiger partial charge in [-0.3, -0.25) is 4.79 Å². The molecule has 11 heteroatoms. The molecule has 1 unspecified atom stereocenters. The van der Waals surface area contributed by atoms with Crippen molar-refractivity contribution < 1.29 is 19.2 Å². The highest BCUT2D eigenvalue weighted by Gasteiger charge is 2.29. The summed E-state index contributed by atoms with van der Waals surface area (Å²) in [4.78, 5) is 43.3. The lowest BCUT2D eigenvalue weighted by Crippen LogP contribution is -2.44. The van der Waals surface area contributed by atoms with E-state index in [9.17, 15) is 19.7 Å². The van der Waals surface area contributed by atoms with Crippen LogP contribution in [0.2, 0.25) is 0 Å². The largest absolute Gasteiger partial charge is 0.444 e. The molecule has 1 aliphatic rings. The summed E-state index contributed by atoms with van der Waals surface area (Å²) in [6.45, 7) is 9.58. The smallest absolute Gasteiger partial charge is 0.432 e. The lowest BCUT2D eigenvalue weighted by atomic mass is 9.90. The average Bonchev–Trinajstić information content (AvgIpc) is 3.43. The first-order valence-electron chi connectivity index (χ1n) is 13.9. The molecule has 3 N–H and O–H groups in total. The van der Waals surface area contributed by atoms with Crippen molar-refractivity contribution in [3.63, 3.8) is 0 Å². The molecule has 1 fully saturated rings. The lowest BCUT2D eigenvalue weighted by Gasteiger charge is -2.36. The van der Waals surface area contributed by atoms with Crippen LogP contribution in [0.3, 0.4) is 0 Å². The Morgan fingerprint density at radius 3 is 2.32 bits per heavy atom. The highest BCUT2D eigenvalue weighted by Crippen LogP contribution is 2.25. The zero-order valence-corrected chi connectivity index (χ0v) is 24.0. The fourth-order valence-electron chi connectivity index (χ4n) is 4.81. The third-order valence-corrected chi connectivity index (χ3v) is 7.10. The van der Waals surface area contributed by atoms with Gasteiger partial charge in [-0.25, -0.2) is 9.78 Å². The van der Waals surface area contributed by atoms with E-state index < -0.39 is 10.5 Å². The first-order valence-corrected chi connectivity index (χ1v) is 13.9. The molecule has 2 aromatic carbocycles. The van der Waals surface area contributed by atoms with Gasteiger partial charge in [0.15, 0.2) is 0 Å². The van der Waals surface area contributed by atoms with Gasteiger partial charge in [0, 0.05) is 36.9 Å². The molecule has 1 aromatic heterocycles. The number of ether oxygens (including phenoxy) is 1. The number of anilines is 1. The van der Waals surface area contributed by atoms with Gasteiger partial charge < -0.3 is 30.4 Å². The summed E-state index contributed by atoms with van der Waals surface area (Å²) in [5.74, 6) is 0.0717. The van der Waals surface area contributed by atoms with Crippen molar-refractivity contribution in [1.82, 2.24) is 20.2 Å². The Morgan fingerprint density at radius 1 is 1.10 bits per heavy atom. The number of H-pyrrole nitrogens is 1. The predicted octanol–water partition coefficient (Wildman–Crippen LogP) is 5.29. The van der Waals surface area contributed by atoms with E-state index in [4.69, 9.17) is 4.74 Å². The Hall–Kier alpha value is -4.41. The van der Waals surface area contributed by atoms with Crippen LogP contribution < -0.4 is 10.6 Å². The quantitative estimate of drug-likeness (QED) is 0.237. The summed E-state index contributed by atoms with van der Waals surface area (Å²) in [7, 11) is 0. The number of piperidine rings is 1. The summed E-state index contributed by atoms with van der Waals surface area (Å²) in [6.07, 6.45) is 3.29. The molecule has 218 valence electrons. The van der Waals surface area contributed by atoms with E-state index in [2.05, 4.69) is 27.5 Å². The molecule has 11 nitrogen and oxygen atoms in total. The minimum absolute atomic E-state index is 0.0795. The number of imidazole rings is 1. The van der Waals surface area contributed by atoms with E-state index in [1.165, 1.54) is 6.20 Å². The molecular weight excluding hydrogens is 524 g/mol. The normalized spacial score (nSPS) is 14.8. The van der Waals surface area contributed by atoms with E-state index in [1.807, 2.05) is 69.3 Å². The zero-order chi connectivity index (χ0) is 29.6. The van der Waals surface area contributed by atoms with Crippen molar-refractivity contribution >= 4 is 23.6 Å². The van der Waals surface area contributed by atoms with Crippen LogP contribution in [0.4, 0.5) is 16.4 Å². The maximum absolute atomic E-state index is 12.5. The summed E-state index contributed by atoms with van der Waals surface area (Å²) >= 11 is 0. The standard InChI is InChI=1S/C30H38N6O5/c1-20(23-13-15-35(16-14-23)29(38)41-30(2,3)4)33-25-11-7-21(8-12-25)17-27(37)31-18-22-5-9-24(10-6-22)26-19-32-28(34-26)36(39)40/h5-12,19-20,23,33H,13-18H2,1-4H3,(H,31,37)(H,32,34). The van der Waals surface area contributed by atoms with Gasteiger partial charge in [-0.05, 0) is 74.6 Å². The molecule has 0 aliphatic carbocycles. The molecule has 0 spiro atoms. The molecular formula is C30H38N6O5. The minimum atomic E-state index is -0.571. The Bertz CT molecular complexity index is 1340. The second-order valence-electron chi connectivity index (χ2n) is 11.5. The van der Waals surface area contributed by atoms with Gasteiger partial charge >= 0.3 is 12.0 Å². The Kier molecular flexibility index (Phi) is 9.26. The number of carbonyl (C=O) groups is 2. The first-order chi connectivity index (χ1) is 19.5. The third kappa shape index (κ3) is 8.54. The zero-order valence-electron chi connectivity index (χ0n) is 24.0. The van der Waals surface area contributed by atoms with Gasteiger partial charge in [0.2, 0.25) is 5.91 Å². The maximum atomic E-state index is 12.5. The van der Waals surface area contributed by atoms with Crippen molar-refractivity contribution in [2.24, 2.45) is 5.92 Å². The van der Waals surface area contributed by atoms with E-state index in [1.54, 1.807) is 4.90 Å². The van der Waals surface area contributed by atoms with Gasteiger partial charge in [-0.15, -0.1) is 0 Å². The molecule has 1 saturated heterocycles. The summed E-state index contributed by atoms with van der Waals surface area (Å²) in [6, 6.07) is 15.5. The molecule has 2 heterocycles. The lowest BCUT2D eigenvalue weighted by molar-refractivity contribution is -0.393. The Balaban J connectivity index is 1.19. The fraction of sp³-hybridized carbons (Fsp3) is 0.433. The highest BCUT2D eigenvalue weighted by molar-refractivity contribution is 5.78. The number of nitro groups is 1. The van der Waals surface area contributed by atoms with Gasteiger partial charge in [0.05, 0.1) is 6.42 Å². The fourth-order valence-corrected chi connectivity index (χ4v) is 4.81. The van der Waals surface area contributed by atoms with Crippen LogP contribution >= 0.6 is 0 Å². The molecule has 1 aliphatic heterocycles. The number of rotatable bonds is 9. The molecule has 41 heavy (non-hydrogen) atoms. The van der Waals surface area contributed by atoms with Crippen molar-refractivity contribution in [3.8, 4) is 11.3 Å². The number of likely N-dealkylation sites (tertiary alicyclic amines) is 1. The molecule has 0 bridgehead atoms. The monoisotopic (exact) mass is 562 g/mol. The molecule has 0 radical (unpaired) electrons. The number of aromatic amines is 1. The van der Waals surface area contributed by atoms with E-state index in [-0.39, 0.29) is 30.4 Å². The van der Waals surface area contributed by atoms with Crippen LogP contribution in [-0.2, 0) is 22.5 Å². The predicted molar refractivity (Wildman–Crippen MR) is 156 cm³/mol. The number of amides is 2. The van der Waals surface area contributed by atoms with E-state index in [0.29, 0.717) is 31.2 Å². The van der Waals surface area contributed by atoms with Crippen LogP contribution in [0.15, 0.2) is 54.7 Å². The number of nitrogens with one attached hydrogen (secondary N) is 3. The molecule has 3 aromatic rings. The molecule has 4 rings (SSSR count). The van der Waals surface area contributed by atoms with Crippen LogP contribution in [-0.4, -0.2) is 56.5 Å². The van der Waals surface area contributed by atoms with Crippen LogP contribution in [0, 0.1) is 16.0 Å². The van der Waals surface area contributed by atoms with Crippen LogP contribution in [0.25, 0.3) is 11.3 Å². The van der Waals surface area contributed by atoms with Gasteiger partial charge in [0.1, 0.15) is 17.5 Å². The average molecular weight is 563 g/mol. The van der Waals surface area contributed by atoms with Crippen molar-refractivity contribution in [2.45, 2.75) is 65.1 Å². The Morgan fingerprint density at radius 2 is 1.73 bits per heavy atom. The van der Waals surface area contributed by atoms with Gasteiger partial charge in [0.25, 0.3) is 0 Å². The highest BCUT2D eigenvalue weighted by atomic mass is 16.6. The van der Waals surface area contributed by atoms with Crippen molar-refractivity contribution in [3.05, 3.63) is 76.0 Å². The first kappa shape index (κ1) is 29.6. The van der Waals surface area contributed by atoms with E-state index >= 15 is 0 Å². The number of aromatic nitrogens is 2. The van der Waals surface area contributed by atoms with E-state index in [0.717, 1.165) is 35.2 Å². The number of carbonyl (C=O) groups excluding carboxylic acids is 2. The molecule has 1 atom stereocenters. The summed E-state index contributed by atoms with van der Waals surface area (Å²) in [5, 5.41) is 17.3. The Labute approximate surface area is 239 Å². The number of benzene rings is 2. The van der Waals surface area contributed by atoms with Crippen molar-refractivity contribution in [1.29, 1.82) is 0 Å². The number of nitrogens with zero attached hydrogens (tertiary/aromatic N) is 3. The SMILES string of the molecule is CC(Nc1ccc(CC(=O)NCc2ccc(-c3cnc([N+](=O)[O-])[nH]3)cc2)cc1)C1CCN(C(=O)OC(C)(C)C)CC1. The summed E-state index contributed by atoms with van der Waals surface area (Å²) < 4.78 is 5.49. The number of hydrogen-bond acceptors (Lipinski definition) is 7. The second-order valence-corrected chi connectivity index (χ2v) is 11.5. The topological polar surface area (TPSA) is 142 Å². The van der Waals surface area contributed by atoms with Crippen molar-refractivity contribution in [2.75, 3.05) is 18.4 Å². The van der Waals surface area contributed by atoms with Crippen LogP contribution in [0.5, 0.6) is 0 Å². The number of hydrogen-bond donors (Lipinski definition) is 3. The molecule has 2 amide bonds. The second kappa shape index (κ2) is 12.8. The maximum Gasteiger partial charge on any atom is 0.432 e. The molecule has 0 saturated carbocycles.